The summed E-state index contributed by atoms with van der Waals surface area (Å²) in [5.41, 5.74) is 9.85. The summed E-state index contributed by atoms with van der Waals surface area (Å²) in [4.78, 5) is 22.3. The zero-order valence-corrected chi connectivity index (χ0v) is 15.8. The number of hydrogen-bond donors (Lipinski definition) is 1. The first-order valence-electron chi connectivity index (χ1n) is 9.26. The molecule has 0 saturated heterocycles. The van der Waals surface area contributed by atoms with Crippen molar-refractivity contribution in [3.8, 4) is 11.3 Å². The zero-order valence-electron chi connectivity index (χ0n) is 15.8. The minimum absolute atomic E-state index is 0.0385. The van der Waals surface area contributed by atoms with Crippen molar-refractivity contribution in [1.82, 2.24) is 4.57 Å². The number of nitro groups is 1. The van der Waals surface area contributed by atoms with E-state index in [9.17, 15) is 14.9 Å². The van der Waals surface area contributed by atoms with Crippen molar-refractivity contribution in [2.24, 2.45) is 5.73 Å². The Balaban J connectivity index is 1.80. The maximum atomic E-state index is 11.8. The molecular formula is C22H23N3O3. The van der Waals surface area contributed by atoms with Gasteiger partial charge in [-0.3, -0.25) is 14.9 Å². The lowest BCUT2D eigenvalue weighted by Crippen LogP contribution is -2.12. The number of nitrogens with zero attached hydrogens (tertiary/aromatic N) is 2. The predicted molar refractivity (Wildman–Crippen MR) is 109 cm³/mol. The van der Waals surface area contributed by atoms with Crippen molar-refractivity contribution in [2.45, 2.75) is 32.7 Å². The Kier molecular flexibility index (Phi) is 5.89. The number of benzene rings is 2. The fourth-order valence-electron chi connectivity index (χ4n) is 3.42. The summed E-state index contributed by atoms with van der Waals surface area (Å²) in [5.74, 6) is -0.469. The molecule has 0 saturated carbocycles. The Labute approximate surface area is 163 Å². The monoisotopic (exact) mass is 377 g/mol. The summed E-state index contributed by atoms with van der Waals surface area (Å²) in [6.45, 7) is 2.63. The number of carbonyl (C=O) groups is 1. The number of nitro benzene ring substituents is 1. The van der Waals surface area contributed by atoms with E-state index in [1.807, 2.05) is 25.1 Å². The highest BCUT2D eigenvalue weighted by atomic mass is 16.6. The summed E-state index contributed by atoms with van der Waals surface area (Å²) >= 11 is 0. The summed E-state index contributed by atoms with van der Waals surface area (Å²) in [6, 6.07) is 18.5. The van der Waals surface area contributed by atoms with Crippen molar-refractivity contribution in [3.63, 3.8) is 0 Å². The second-order valence-corrected chi connectivity index (χ2v) is 6.79. The second kappa shape index (κ2) is 8.52. The number of nitrogens with two attached hydrogens (primary N) is 1. The van der Waals surface area contributed by atoms with Crippen LogP contribution in [0, 0.1) is 17.0 Å². The van der Waals surface area contributed by atoms with E-state index in [-0.39, 0.29) is 5.69 Å². The number of hydrogen-bond acceptors (Lipinski definition) is 3. The maximum absolute atomic E-state index is 11.8. The molecule has 0 aliphatic heterocycles. The summed E-state index contributed by atoms with van der Waals surface area (Å²) in [7, 11) is 0. The van der Waals surface area contributed by atoms with Crippen LogP contribution in [0.1, 0.15) is 34.5 Å². The Bertz CT molecular complexity index is 976. The lowest BCUT2D eigenvalue weighted by atomic mass is 10.1. The molecule has 0 radical (unpaired) electrons. The van der Waals surface area contributed by atoms with E-state index in [1.54, 1.807) is 18.2 Å². The molecule has 3 aromatic rings. The predicted octanol–water partition coefficient (Wildman–Crippen LogP) is 4.49. The number of amides is 1. The summed E-state index contributed by atoms with van der Waals surface area (Å²) < 4.78 is 2.08. The van der Waals surface area contributed by atoms with Crippen molar-refractivity contribution in [1.29, 1.82) is 0 Å². The van der Waals surface area contributed by atoms with E-state index in [1.165, 1.54) is 17.7 Å². The molecule has 28 heavy (non-hydrogen) atoms. The molecule has 0 bridgehead atoms. The van der Waals surface area contributed by atoms with Crippen LogP contribution < -0.4 is 5.73 Å². The van der Waals surface area contributed by atoms with Gasteiger partial charge in [0.15, 0.2) is 0 Å². The average molecular weight is 377 g/mol. The highest BCUT2D eigenvalue weighted by Gasteiger charge is 2.17. The van der Waals surface area contributed by atoms with Gasteiger partial charge in [0.05, 0.1) is 10.5 Å². The number of aryl methyl sites for hydroxylation is 1. The van der Waals surface area contributed by atoms with E-state index in [0.29, 0.717) is 5.56 Å². The van der Waals surface area contributed by atoms with Gasteiger partial charge in [-0.1, -0.05) is 30.3 Å². The molecule has 0 atom stereocenters. The summed E-state index contributed by atoms with van der Waals surface area (Å²) in [5, 5.41) is 10.9. The third kappa shape index (κ3) is 4.28. The molecule has 1 amide bonds. The molecule has 0 aliphatic carbocycles. The van der Waals surface area contributed by atoms with Gasteiger partial charge in [-0.05, 0) is 55.5 Å². The van der Waals surface area contributed by atoms with Crippen LogP contribution in [0.15, 0.2) is 60.7 Å². The molecule has 6 nitrogen and oxygen atoms in total. The van der Waals surface area contributed by atoms with Gasteiger partial charge in [0.1, 0.15) is 0 Å². The minimum atomic E-state index is -0.469. The minimum Gasteiger partial charge on any atom is -0.366 e. The first-order valence-corrected chi connectivity index (χ1v) is 9.26. The lowest BCUT2D eigenvalue weighted by molar-refractivity contribution is -0.384. The standard InChI is InChI=1S/C22H23N3O3/c1-16-20(22(23)26)15-21(18-10-12-19(13-11-18)25(27)28)24(16)14-6-5-9-17-7-3-2-4-8-17/h2-4,7-8,10-13,15H,5-6,9,14H2,1H3,(H2,23,26). The smallest absolute Gasteiger partial charge is 0.269 e. The van der Waals surface area contributed by atoms with Crippen LogP contribution in [0.4, 0.5) is 5.69 Å². The third-order valence-electron chi connectivity index (χ3n) is 4.95. The first kappa shape index (κ1) is 19.4. The summed E-state index contributed by atoms with van der Waals surface area (Å²) in [6.07, 6.45) is 2.96. The molecule has 3 rings (SSSR count). The van der Waals surface area contributed by atoms with Gasteiger partial charge in [-0.15, -0.1) is 0 Å². The van der Waals surface area contributed by atoms with E-state index in [2.05, 4.69) is 16.7 Å². The number of unbranched alkanes of at least 4 members (excludes halogenated alkanes) is 1. The zero-order chi connectivity index (χ0) is 20.1. The van der Waals surface area contributed by atoms with Crippen LogP contribution in [-0.2, 0) is 13.0 Å². The lowest BCUT2D eigenvalue weighted by Gasteiger charge is -2.12. The number of primary amides is 1. The van der Waals surface area contributed by atoms with Crippen LogP contribution in [0.2, 0.25) is 0 Å². The number of carbonyl (C=O) groups excluding carboxylic acids is 1. The highest BCUT2D eigenvalue weighted by molar-refractivity contribution is 5.95. The van der Waals surface area contributed by atoms with E-state index in [4.69, 9.17) is 5.73 Å². The molecule has 0 aliphatic rings. The number of non-ortho nitro benzene ring substituents is 1. The molecule has 1 heterocycles. The van der Waals surface area contributed by atoms with Crippen LogP contribution in [0.25, 0.3) is 11.3 Å². The van der Waals surface area contributed by atoms with Gasteiger partial charge in [-0.25, -0.2) is 0 Å². The largest absolute Gasteiger partial charge is 0.366 e. The van der Waals surface area contributed by atoms with Crippen LogP contribution >= 0.6 is 0 Å². The van der Waals surface area contributed by atoms with Gasteiger partial charge in [0.2, 0.25) is 0 Å². The van der Waals surface area contributed by atoms with Gasteiger partial charge < -0.3 is 10.3 Å². The fourth-order valence-corrected chi connectivity index (χ4v) is 3.42. The van der Waals surface area contributed by atoms with Gasteiger partial charge in [0.25, 0.3) is 11.6 Å². The Morgan fingerprint density at radius 3 is 2.36 bits per heavy atom. The molecule has 2 aromatic carbocycles. The molecule has 6 heteroatoms. The molecule has 1 aromatic heterocycles. The maximum Gasteiger partial charge on any atom is 0.269 e. The topological polar surface area (TPSA) is 91.2 Å². The SMILES string of the molecule is Cc1c(C(N)=O)cc(-c2ccc([N+](=O)[O-])cc2)n1CCCCc1ccccc1. The Hall–Kier alpha value is -3.41. The molecule has 2 N–H and O–H groups in total. The fraction of sp³-hybridized carbons (Fsp3) is 0.227. The quantitative estimate of drug-likeness (QED) is 0.356. The molecular weight excluding hydrogens is 354 g/mol. The van der Waals surface area contributed by atoms with Crippen molar-refractivity contribution in [3.05, 3.63) is 87.6 Å². The van der Waals surface area contributed by atoms with Gasteiger partial charge in [-0.2, -0.15) is 0 Å². The van der Waals surface area contributed by atoms with Crippen molar-refractivity contribution in [2.75, 3.05) is 0 Å². The molecule has 0 fully saturated rings. The van der Waals surface area contributed by atoms with Gasteiger partial charge in [0, 0.05) is 30.1 Å². The van der Waals surface area contributed by atoms with E-state index < -0.39 is 10.8 Å². The van der Waals surface area contributed by atoms with Crippen LogP contribution in [-0.4, -0.2) is 15.4 Å². The van der Waals surface area contributed by atoms with Crippen molar-refractivity contribution < 1.29 is 9.72 Å². The third-order valence-corrected chi connectivity index (χ3v) is 4.95. The molecule has 144 valence electrons. The van der Waals surface area contributed by atoms with Crippen LogP contribution in [0.5, 0.6) is 0 Å². The normalized spacial score (nSPS) is 10.8. The number of aromatic nitrogens is 1. The van der Waals surface area contributed by atoms with E-state index in [0.717, 1.165) is 42.8 Å². The highest BCUT2D eigenvalue weighted by Crippen LogP contribution is 2.28. The van der Waals surface area contributed by atoms with Gasteiger partial charge >= 0.3 is 0 Å². The van der Waals surface area contributed by atoms with Crippen LogP contribution in [0.3, 0.4) is 0 Å². The molecule has 0 unspecified atom stereocenters. The Morgan fingerprint density at radius 1 is 1.07 bits per heavy atom. The van der Waals surface area contributed by atoms with E-state index >= 15 is 0 Å². The Morgan fingerprint density at radius 2 is 1.75 bits per heavy atom. The second-order valence-electron chi connectivity index (χ2n) is 6.79. The molecule has 0 spiro atoms. The first-order chi connectivity index (χ1) is 13.5. The average Bonchev–Trinajstić information content (AvgIpc) is 3.03. The number of rotatable bonds is 8. The van der Waals surface area contributed by atoms with Crippen molar-refractivity contribution >= 4 is 11.6 Å².